The molecule has 0 aromatic heterocycles. The van der Waals surface area contributed by atoms with E-state index in [2.05, 4.69) is 10.6 Å². The average Bonchev–Trinajstić information content (AvgIpc) is 2.56. The highest BCUT2D eigenvalue weighted by Crippen LogP contribution is 2.33. The molecule has 8 nitrogen and oxygen atoms in total. The SMILES string of the molecule is COc1ccc(NCCO)cc1CC(C)(C)C[C@@H](CC(=O)O)NC(=O)OC(C)(C)C. The van der Waals surface area contributed by atoms with E-state index in [-0.39, 0.29) is 18.4 Å². The van der Waals surface area contributed by atoms with Crippen LogP contribution in [0, 0.1) is 5.41 Å². The highest BCUT2D eigenvalue weighted by Gasteiger charge is 2.29. The van der Waals surface area contributed by atoms with Gasteiger partial charge < -0.3 is 30.3 Å². The van der Waals surface area contributed by atoms with Crippen molar-refractivity contribution in [1.29, 1.82) is 0 Å². The van der Waals surface area contributed by atoms with Gasteiger partial charge in [-0.3, -0.25) is 4.79 Å². The van der Waals surface area contributed by atoms with Crippen molar-refractivity contribution in [2.75, 3.05) is 25.6 Å². The molecule has 170 valence electrons. The first kappa shape index (κ1) is 25.6. The standard InChI is InChI=1S/C22H36N2O6/c1-21(2,3)30-20(28)24-17(12-19(26)27)14-22(4,5)13-15-11-16(23-9-10-25)7-8-18(15)29-6/h7-8,11,17,23,25H,9-10,12-14H2,1-6H3,(H,24,28)(H,26,27)/t17-/m1/s1. The molecule has 0 unspecified atom stereocenters. The average molecular weight is 425 g/mol. The zero-order valence-electron chi connectivity index (χ0n) is 18.9. The number of hydrogen-bond acceptors (Lipinski definition) is 6. The summed E-state index contributed by atoms with van der Waals surface area (Å²) in [5, 5.41) is 24.1. The zero-order valence-corrected chi connectivity index (χ0v) is 18.9. The minimum absolute atomic E-state index is 0.0278. The minimum Gasteiger partial charge on any atom is -0.496 e. The Hall–Kier alpha value is -2.48. The summed E-state index contributed by atoms with van der Waals surface area (Å²) in [5.74, 6) is -0.257. The summed E-state index contributed by atoms with van der Waals surface area (Å²) < 4.78 is 10.8. The molecule has 0 fully saturated rings. The molecule has 0 spiro atoms. The van der Waals surface area contributed by atoms with Gasteiger partial charge >= 0.3 is 12.1 Å². The maximum absolute atomic E-state index is 12.2. The molecule has 0 saturated heterocycles. The Morgan fingerprint density at radius 1 is 1.17 bits per heavy atom. The lowest BCUT2D eigenvalue weighted by molar-refractivity contribution is -0.137. The first-order chi connectivity index (χ1) is 13.8. The number of rotatable bonds is 11. The third-order valence-corrected chi connectivity index (χ3v) is 4.33. The van der Waals surface area contributed by atoms with Crippen molar-refractivity contribution in [2.24, 2.45) is 5.41 Å². The molecule has 0 aliphatic rings. The van der Waals surface area contributed by atoms with Crippen LogP contribution in [-0.2, 0) is 16.0 Å². The molecule has 8 heteroatoms. The Morgan fingerprint density at radius 2 is 1.83 bits per heavy atom. The minimum atomic E-state index is -0.986. The van der Waals surface area contributed by atoms with Gasteiger partial charge in [-0.2, -0.15) is 0 Å². The molecule has 1 amide bonds. The Labute approximate surface area is 179 Å². The number of ether oxygens (including phenoxy) is 2. The van der Waals surface area contributed by atoms with Crippen LogP contribution in [0.1, 0.15) is 53.0 Å². The van der Waals surface area contributed by atoms with E-state index < -0.39 is 23.7 Å². The Balaban J connectivity index is 2.96. The van der Waals surface area contributed by atoms with Gasteiger partial charge in [-0.1, -0.05) is 13.8 Å². The lowest BCUT2D eigenvalue weighted by atomic mass is 9.79. The maximum Gasteiger partial charge on any atom is 0.407 e. The van der Waals surface area contributed by atoms with E-state index in [9.17, 15) is 14.7 Å². The van der Waals surface area contributed by atoms with Gasteiger partial charge in [-0.25, -0.2) is 4.79 Å². The van der Waals surface area contributed by atoms with Gasteiger partial charge in [0, 0.05) is 18.3 Å². The van der Waals surface area contributed by atoms with Crippen molar-refractivity contribution < 1.29 is 29.3 Å². The largest absolute Gasteiger partial charge is 0.496 e. The van der Waals surface area contributed by atoms with Crippen molar-refractivity contribution >= 4 is 17.7 Å². The number of carbonyl (C=O) groups excluding carboxylic acids is 1. The first-order valence-corrected chi connectivity index (χ1v) is 10.1. The van der Waals surface area contributed by atoms with Gasteiger partial charge in [-0.05, 0) is 62.8 Å². The number of alkyl carbamates (subject to hydrolysis) is 1. The maximum atomic E-state index is 12.2. The van der Waals surface area contributed by atoms with Crippen LogP contribution in [0.5, 0.6) is 5.75 Å². The number of nitrogens with one attached hydrogen (secondary N) is 2. The Morgan fingerprint density at radius 3 is 2.37 bits per heavy atom. The second-order valence-corrected chi connectivity index (χ2v) is 9.16. The second-order valence-electron chi connectivity index (χ2n) is 9.16. The van der Waals surface area contributed by atoms with E-state index in [0.29, 0.717) is 19.4 Å². The van der Waals surface area contributed by atoms with Crippen LogP contribution in [0.15, 0.2) is 18.2 Å². The third-order valence-electron chi connectivity index (χ3n) is 4.33. The number of aliphatic hydroxyl groups excluding tert-OH is 1. The number of methoxy groups -OCH3 is 1. The predicted octanol–water partition coefficient (Wildman–Crippen LogP) is 3.43. The summed E-state index contributed by atoms with van der Waals surface area (Å²) >= 11 is 0. The number of aliphatic carboxylic acids is 1. The summed E-state index contributed by atoms with van der Waals surface area (Å²) in [6.45, 7) is 9.78. The van der Waals surface area contributed by atoms with Crippen molar-refractivity contribution in [3.05, 3.63) is 23.8 Å². The topological polar surface area (TPSA) is 117 Å². The molecule has 0 saturated carbocycles. The summed E-state index contributed by atoms with van der Waals surface area (Å²) in [6, 6.07) is 5.12. The Kier molecular flexibility index (Phi) is 9.42. The molecule has 1 rings (SSSR count). The predicted molar refractivity (Wildman–Crippen MR) is 116 cm³/mol. The van der Waals surface area contributed by atoms with E-state index in [4.69, 9.17) is 14.6 Å². The molecule has 0 heterocycles. The zero-order chi connectivity index (χ0) is 22.9. The quantitative estimate of drug-likeness (QED) is 0.430. The van der Waals surface area contributed by atoms with Crippen molar-refractivity contribution in [3.8, 4) is 5.75 Å². The molecular weight excluding hydrogens is 388 g/mol. The number of benzene rings is 1. The Bertz CT molecular complexity index is 712. The van der Waals surface area contributed by atoms with E-state index in [1.54, 1.807) is 27.9 Å². The number of aliphatic hydroxyl groups is 1. The van der Waals surface area contributed by atoms with Gasteiger partial charge in [0.15, 0.2) is 0 Å². The molecular formula is C22H36N2O6. The highest BCUT2D eigenvalue weighted by molar-refractivity contribution is 5.71. The number of carbonyl (C=O) groups is 2. The number of carboxylic acid groups (broad SMARTS) is 1. The van der Waals surface area contributed by atoms with Gasteiger partial charge in [0.2, 0.25) is 0 Å². The molecule has 30 heavy (non-hydrogen) atoms. The number of amides is 1. The van der Waals surface area contributed by atoms with Crippen molar-refractivity contribution in [3.63, 3.8) is 0 Å². The number of hydrogen-bond donors (Lipinski definition) is 4. The van der Waals surface area contributed by atoms with Gasteiger partial charge in [0.1, 0.15) is 11.4 Å². The normalized spacial score (nSPS) is 12.8. The van der Waals surface area contributed by atoms with Crippen molar-refractivity contribution in [2.45, 2.75) is 65.5 Å². The second kappa shape index (κ2) is 11.1. The molecule has 0 bridgehead atoms. The van der Waals surface area contributed by atoms with Gasteiger partial charge in [-0.15, -0.1) is 0 Å². The first-order valence-electron chi connectivity index (χ1n) is 10.1. The van der Waals surface area contributed by atoms with Crippen LogP contribution < -0.4 is 15.4 Å². The van der Waals surface area contributed by atoms with Gasteiger partial charge in [0.05, 0.1) is 20.1 Å². The molecule has 0 radical (unpaired) electrons. The molecule has 0 aliphatic heterocycles. The van der Waals surface area contributed by atoms with E-state index in [0.717, 1.165) is 17.0 Å². The van der Waals surface area contributed by atoms with Crippen LogP contribution in [0.25, 0.3) is 0 Å². The van der Waals surface area contributed by atoms with Crippen LogP contribution in [-0.4, -0.2) is 54.2 Å². The summed E-state index contributed by atoms with van der Waals surface area (Å²) in [4.78, 5) is 23.5. The number of carboxylic acids is 1. The third kappa shape index (κ3) is 9.82. The fourth-order valence-corrected chi connectivity index (χ4v) is 3.34. The summed E-state index contributed by atoms with van der Waals surface area (Å²) in [7, 11) is 1.60. The highest BCUT2D eigenvalue weighted by atomic mass is 16.6. The van der Waals surface area contributed by atoms with Gasteiger partial charge in [0.25, 0.3) is 0 Å². The summed E-state index contributed by atoms with van der Waals surface area (Å²) in [6.07, 6.45) is 0.225. The summed E-state index contributed by atoms with van der Waals surface area (Å²) in [5.41, 5.74) is 0.821. The van der Waals surface area contributed by atoms with E-state index in [1.165, 1.54) is 0 Å². The molecule has 1 atom stereocenters. The monoisotopic (exact) mass is 424 g/mol. The lowest BCUT2D eigenvalue weighted by Crippen LogP contribution is -2.42. The van der Waals surface area contributed by atoms with Crippen LogP contribution in [0.3, 0.4) is 0 Å². The molecule has 1 aromatic carbocycles. The molecule has 1 aromatic rings. The van der Waals surface area contributed by atoms with Crippen LogP contribution in [0.2, 0.25) is 0 Å². The lowest BCUT2D eigenvalue weighted by Gasteiger charge is -2.31. The molecule has 0 aliphatic carbocycles. The van der Waals surface area contributed by atoms with Crippen LogP contribution >= 0.6 is 0 Å². The fourth-order valence-electron chi connectivity index (χ4n) is 3.34. The number of anilines is 1. The van der Waals surface area contributed by atoms with E-state index in [1.807, 2.05) is 32.0 Å². The van der Waals surface area contributed by atoms with Crippen LogP contribution in [0.4, 0.5) is 10.5 Å². The van der Waals surface area contributed by atoms with Crippen molar-refractivity contribution in [1.82, 2.24) is 5.32 Å². The smallest absolute Gasteiger partial charge is 0.407 e. The molecule has 4 N–H and O–H groups in total. The fraction of sp³-hybridized carbons (Fsp3) is 0.636. The van der Waals surface area contributed by atoms with E-state index >= 15 is 0 Å².